The smallest absolute Gasteiger partial charge is 0.222 e. The van der Waals surface area contributed by atoms with Crippen molar-refractivity contribution in [1.82, 2.24) is 4.98 Å². The molecule has 1 aliphatic heterocycles. The van der Waals surface area contributed by atoms with Crippen molar-refractivity contribution in [3.8, 4) is 0 Å². The van der Waals surface area contributed by atoms with E-state index in [9.17, 15) is 0 Å². The first-order valence-corrected chi connectivity index (χ1v) is 4.77. The van der Waals surface area contributed by atoms with Crippen LogP contribution in [0.2, 0.25) is 0 Å². The van der Waals surface area contributed by atoms with Gasteiger partial charge in [-0.2, -0.15) is 0 Å². The van der Waals surface area contributed by atoms with E-state index in [0.717, 1.165) is 17.8 Å². The highest BCUT2D eigenvalue weighted by molar-refractivity contribution is 5.61. The molecule has 0 N–H and O–H groups in total. The summed E-state index contributed by atoms with van der Waals surface area (Å²) in [6.07, 6.45) is 4.80. The van der Waals surface area contributed by atoms with Crippen LogP contribution >= 0.6 is 0 Å². The molecule has 1 atom stereocenters. The van der Waals surface area contributed by atoms with Crippen LogP contribution < -0.4 is 0 Å². The Balaban J connectivity index is 2.25. The topological polar surface area (TPSA) is 40.6 Å². The third-order valence-electron chi connectivity index (χ3n) is 2.19. The summed E-state index contributed by atoms with van der Waals surface area (Å²) >= 11 is 0. The molecule has 1 aromatic rings. The highest BCUT2D eigenvalue weighted by atomic mass is 15.5. The Morgan fingerprint density at radius 3 is 2.86 bits per heavy atom. The van der Waals surface area contributed by atoms with E-state index in [2.05, 4.69) is 22.2 Å². The summed E-state index contributed by atoms with van der Waals surface area (Å²) in [4.78, 5) is 4.21. The third kappa shape index (κ3) is 1.69. The van der Waals surface area contributed by atoms with Gasteiger partial charge in [-0.15, -0.1) is 4.68 Å². The largest absolute Gasteiger partial charge is 0.257 e. The zero-order valence-electron chi connectivity index (χ0n) is 8.38. The monoisotopic (exact) mass is 189 g/mol. The number of aryl methyl sites for hydroxylation is 1. The van der Waals surface area contributed by atoms with Gasteiger partial charge in [0.2, 0.25) is 6.04 Å². The lowest BCUT2D eigenvalue weighted by Crippen LogP contribution is -2.04. The van der Waals surface area contributed by atoms with Gasteiger partial charge >= 0.3 is 0 Å². The molecule has 14 heavy (non-hydrogen) atoms. The maximum Gasteiger partial charge on any atom is 0.222 e. The molecule has 1 aliphatic rings. The van der Waals surface area contributed by atoms with Crippen molar-refractivity contribution in [3.05, 3.63) is 24.0 Å². The molecule has 4 heteroatoms. The highest BCUT2D eigenvalue weighted by Crippen LogP contribution is 2.15. The van der Waals surface area contributed by atoms with E-state index in [4.69, 9.17) is 0 Å². The van der Waals surface area contributed by atoms with Crippen LogP contribution in [0.25, 0.3) is 0 Å². The maximum absolute atomic E-state index is 4.21. The zero-order valence-corrected chi connectivity index (χ0v) is 8.38. The van der Waals surface area contributed by atoms with Crippen LogP contribution in [0.5, 0.6) is 0 Å². The molecule has 0 spiro atoms. The molecule has 1 unspecified atom stereocenters. The van der Waals surface area contributed by atoms with Gasteiger partial charge in [0.15, 0.2) is 5.69 Å². The summed E-state index contributed by atoms with van der Waals surface area (Å²) in [5, 5.41) is 8.15. The van der Waals surface area contributed by atoms with E-state index in [1.54, 1.807) is 4.68 Å². The molecule has 4 nitrogen and oxygen atoms in total. The minimum Gasteiger partial charge on any atom is -0.257 e. The molecule has 0 radical (unpaired) electrons. The number of rotatable bonds is 2. The van der Waals surface area contributed by atoms with E-state index in [1.165, 1.54) is 0 Å². The van der Waals surface area contributed by atoms with Crippen molar-refractivity contribution in [3.63, 3.8) is 0 Å². The van der Waals surface area contributed by atoms with Gasteiger partial charge in [0, 0.05) is 10.8 Å². The molecule has 2 rings (SSSR count). The minimum absolute atomic E-state index is 0.219. The van der Waals surface area contributed by atoms with Gasteiger partial charge in [-0.05, 0) is 25.5 Å². The van der Waals surface area contributed by atoms with E-state index in [0.29, 0.717) is 0 Å². The van der Waals surface area contributed by atoms with E-state index in [-0.39, 0.29) is 6.04 Å². The van der Waals surface area contributed by atoms with Crippen LogP contribution in [0, 0.1) is 6.92 Å². The lowest BCUT2D eigenvalue weighted by Gasteiger charge is -1.94. The van der Waals surface area contributed by atoms with E-state index < -0.39 is 0 Å². The summed E-state index contributed by atoms with van der Waals surface area (Å²) < 4.78 is 1.78. The Morgan fingerprint density at radius 2 is 2.29 bits per heavy atom. The van der Waals surface area contributed by atoms with Crippen LogP contribution in [0.15, 0.2) is 28.7 Å². The maximum atomic E-state index is 4.21. The average Bonchev–Trinajstić information content (AvgIpc) is 2.67. The summed E-state index contributed by atoms with van der Waals surface area (Å²) in [6.45, 7) is 4.06. The van der Waals surface area contributed by atoms with Crippen LogP contribution in [-0.2, 0) is 0 Å². The molecular weight excluding hydrogens is 176 g/mol. The minimum atomic E-state index is 0.219. The van der Waals surface area contributed by atoms with Crippen LogP contribution in [0.1, 0.15) is 19.0 Å². The van der Waals surface area contributed by atoms with Gasteiger partial charge in [-0.1, -0.05) is 6.92 Å². The van der Waals surface area contributed by atoms with Gasteiger partial charge in [-0.3, -0.25) is 4.98 Å². The standard InChI is InChI=1S/C10H13N4/c1-3-9-7-14(13-12-9)10-5-4-8(2)11-6-10/h4-7,9H,3H2,1-2H3/q+1. The first-order chi connectivity index (χ1) is 6.79. The van der Waals surface area contributed by atoms with E-state index in [1.807, 2.05) is 31.5 Å². The van der Waals surface area contributed by atoms with Crippen molar-refractivity contribution in [2.75, 3.05) is 0 Å². The molecular formula is C10H13N4+. The van der Waals surface area contributed by atoms with Gasteiger partial charge in [0.05, 0.1) is 6.20 Å². The Kier molecular flexibility index (Phi) is 2.35. The molecule has 0 saturated heterocycles. The highest BCUT2D eigenvalue weighted by Gasteiger charge is 2.20. The predicted octanol–water partition coefficient (Wildman–Crippen LogP) is 2.26. The first-order valence-electron chi connectivity index (χ1n) is 4.77. The van der Waals surface area contributed by atoms with Crippen LogP contribution in [0.4, 0.5) is 5.69 Å². The Labute approximate surface area is 83.0 Å². The molecule has 72 valence electrons. The quantitative estimate of drug-likeness (QED) is 0.658. The Morgan fingerprint density at radius 1 is 1.43 bits per heavy atom. The third-order valence-corrected chi connectivity index (χ3v) is 2.19. The molecule has 0 fully saturated rings. The van der Waals surface area contributed by atoms with Crippen molar-refractivity contribution < 1.29 is 4.68 Å². The fourth-order valence-electron chi connectivity index (χ4n) is 1.26. The second kappa shape index (κ2) is 3.65. The van der Waals surface area contributed by atoms with Crippen molar-refractivity contribution >= 4 is 11.9 Å². The number of hydrogen-bond donors (Lipinski definition) is 0. The summed E-state index contributed by atoms with van der Waals surface area (Å²) in [6, 6.07) is 4.18. The number of aromatic nitrogens is 1. The number of nitrogens with zero attached hydrogens (tertiary/aromatic N) is 4. The molecule has 0 bridgehead atoms. The average molecular weight is 189 g/mol. The molecule has 2 heterocycles. The zero-order chi connectivity index (χ0) is 9.97. The van der Waals surface area contributed by atoms with Gasteiger partial charge in [0.25, 0.3) is 0 Å². The predicted molar refractivity (Wildman–Crippen MR) is 53.9 cm³/mol. The second-order valence-corrected chi connectivity index (χ2v) is 3.33. The number of pyridine rings is 1. The second-order valence-electron chi connectivity index (χ2n) is 3.33. The lowest BCUT2D eigenvalue weighted by molar-refractivity contribution is -0.444. The Hall–Kier alpha value is -1.58. The molecule has 1 aromatic heterocycles. The summed E-state index contributed by atoms with van der Waals surface area (Å²) in [5.74, 6) is 0. The summed E-state index contributed by atoms with van der Waals surface area (Å²) in [7, 11) is 0. The lowest BCUT2D eigenvalue weighted by atomic mass is 10.3. The molecule has 0 aliphatic carbocycles. The van der Waals surface area contributed by atoms with E-state index >= 15 is 0 Å². The SMILES string of the molecule is CCC1C=[N+](c2ccc(C)nc2)N=N1. The van der Waals surface area contributed by atoms with Gasteiger partial charge < -0.3 is 0 Å². The van der Waals surface area contributed by atoms with Crippen molar-refractivity contribution in [2.24, 2.45) is 10.3 Å². The normalized spacial score (nSPS) is 19.9. The fraction of sp³-hybridized carbons (Fsp3) is 0.400. The summed E-state index contributed by atoms with van der Waals surface area (Å²) in [5.41, 5.74) is 1.98. The molecule has 0 saturated carbocycles. The number of hydrogen-bond acceptors (Lipinski definition) is 3. The van der Waals surface area contributed by atoms with Crippen LogP contribution in [0.3, 0.4) is 0 Å². The Bertz CT molecular complexity index is 378. The van der Waals surface area contributed by atoms with Crippen LogP contribution in [-0.4, -0.2) is 21.9 Å². The fourth-order valence-corrected chi connectivity index (χ4v) is 1.26. The van der Waals surface area contributed by atoms with Crippen molar-refractivity contribution in [1.29, 1.82) is 0 Å². The van der Waals surface area contributed by atoms with Crippen molar-refractivity contribution in [2.45, 2.75) is 26.3 Å². The first kappa shape index (κ1) is 8.99. The van der Waals surface area contributed by atoms with Gasteiger partial charge in [0.1, 0.15) is 11.4 Å². The van der Waals surface area contributed by atoms with Gasteiger partial charge in [-0.25, -0.2) is 0 Å². The molecule has 0 aromatic carbocycles. The molecule has 0 amide bonds.